The van der Waals surface area contributed by atoms with Gasteiger partial charge in [0.2, 0.25) is 0 Å². The summed E-state index contributed by atoms with van der Waals surface area (Å²) in [4.78, 5) is 10.1. The molecule has 0 saturated carbocycles. The number of aliphatic imine (C=N–C) groups is 1. The molecule has 1 aromatic heterocycles. The van der Waals surface area contributed by atoms with Crippen LogP contribution in [0.3, 0.4) is 0 Å². The number of benzene rings is 2. The normalized spacial score (nSPS) is 17.3. The van der Waals surface area contributed by atoms with Gasteiger partial charge in [0.05, 0.1) is 12.1 Å². The highest BCUT2D eigenvalue weighted by Gasteiger charge is 2.16. The molecule has 1 N–H and O–H groups in total. The van der Waals surface area contributed by atoms with Crippen LogP contribution in [0.4, 0.5) is 0 Å². The van der Waals surface area contributed by atoms with Crippen molar-refractivity contribution in [2.45, 2.75) is 25.9 Å². The summed E-state index contributed by atoms with van der Waals surface area (Å²) in [7, 11) is 0. The zero-order chi connectivity index (χ0) is 20.2. The molecule has 29 heavy (non-hydrogen) atoms. The van der Waals surface area contributed by atoms with Gasteiger partial charge in [-0.2, -0.15) is 0 Å². The van der Waals surface area contributed by atoms with Gasteiger partial charge in [0, 0.05) is 34.3 Å². The van der Waals surface area contributed by atoms with Crippen LogP contribution in [0.15, 0.2) is 58.6 Å². The number of nitrogens with zero attached hydrogens (tertiary/aromatic N) is 2. The van der Waals surface area contributed by atoms with Gasteiger partial charge in [-0.15, -0.1) is 0 Å². The average molecular weight is 424 g/mol. The Balaban J connectivity index is 1.46. The second kappa shape index (κ2) is 8.99. The van der Waals surface area contributed by atoms with Crippen LogP contribution in [0.1, 0.15) is 23.6 Å². The fourth-order valence-electron chi connectivity index (χ4n) is 3.25. The quantitative estimate of drug-likeness (QED) is 0.542. The molecule has 0 spiro atoms. The van der Waals surface area contributed by atoms with Gasteiger partial charge in [-0.3, -0.25) is 15.3 Å². The number of hydrogen-bond donors (Lipinski definition) is 1. The van der Waals surface area contributed by atoms with E-state index in [0.29, 0.717) is 13.2 Å². The molecule has 1 aliphatic heterocycles. The number of allylic oxidation sites excluding steroid dienone is 1. The first-order valence-corrected chi connectivity index (χ1v) is 10.8. The molecule has 3 aromatic rings. The Hall–Kier alpha value is -2.34. The summed E-state index contributed by atoms with van der Waals surface area (Å²) in [5, 5.41) is 5.27. The second-order valence-electron chi connectivity index (χ2n) is 6.73. The van der Waals surface area contributed by atoms with Crippen LogP contribution in [0.2, 0.25) is 5.02 Å². The van der Waals surface area contributed by atoms with Crippen molar-refractivity contribution in [1.29, 1.82) is 0 Å². The number of halogens is 1. The van der Waals surface area contributed by atoms with E-state index in [1.54, 1.807) is 18.0 Å². The lowest BCUT2D eigenvalue weighted by molar-refractivity contribution is 0.344. The topological polar surface area (TPSA) is 46.5 Å². The van der Waals surface area contributed by atoms with Crippen molar-refractivity contribution in [2.24, 2.45) is 4.99 Å². The van der Waals surface area contributed by atoms with Gasteiger partial charge in [-0.1, -0.05) is 41.6 Å². The smallest absolute Gasteiger partial charge is 0.151 e. The Morgan fingerprint density at radius 1 is 1.24 bits per heavy atom. The lowest BCUT2D eigenvalue weighted by Gasteiger charge is -2.12. The number of aryl methyl sites for hydroxylation is 1. The predicted octanol–water partition coefficient (Wildman–Crippen LogP) is 5.83. The zero-order valence-electron chi connectivity index (χ0n) is 16.4. The Morgan fingerprint density at radius 3 is 2.97 bits per heavy atom. The summed E-state index contributed by atoms with van der Waals surface area (Å²) in [6, 6.07) is 14.1. The molecule has 0 saturated heterocycles. The van der Waals surface area contributed by atoms with E-state index in [0.717, 1.165) is 37.7 Å². The summed E-state index contributed by atoms with van der Waals surface area (Å²) in [6.07, 6.45) is 5.83. The Bertz CT molecular complexity index is 1080. The first-order chi connectivity index (χ1) is 14.1. The number of thioether (sulfide) groups is 1. The van der Waals surface area contributed by atoms with E-state index >= 15 is 0 Å². The number of aromatic nitrogens is 1. The second-order valence-corrected chi connectivity index (χ2v) is 8.29. The molecule has 2 aromatic carbocycles. The third-order valence-corrected chi connectivity index (χ3v) is 6.09. The van der Waals surface area contributed by atoms with E-state index in [9.17, 15) is 0 Å². The molecule has 0 aliphatic carbocycles. The molecule has 4 rings (SSSR count). The van der Waals surface area contributed by atoms with Gasteiger partial charge >= 0.3 is 0 Å². The molecule has 4 nitrogen and oxygen atoms in total. The van der Waals surface area contributed by atoms with E-state index in [1.165, 1.54) is 5.56 Å². The first-order valence-electron chi connectivity index (χ1n) is 9.54. The van der Waals surface area contributed by atoms with Gasteiger partial charge in [-0.25, -0.2) is 0 Å². The summed E-state index contributed by atoms with van der Waals surface area (Å²) in [6.45, 7) is 5.38. The van der Waals surface area contributed by atoms with Crippen molar-refractivity contribution in [2.75, 3.05) is 6.61 Å². The predicted molar refractivity (Wildman–Crippen MR) is 124 cm³/mol. The van der Waals surface area contributed by atoms with Crippen LogP contribution in [0.5, 0.6) is 5.75 Å². The Kier molecular flexibility index (Phi) is 6.19. The molecule has 148 valence electrons. The minimum Gasteiger partial charge on any atom is -0.493 e. The van der Waals surface area contributed by atoms with Crippen molar-refractivity contribution >= 4 is 46.6 Å². The minimum atomic E-state index is -0.0157. The number of pyridine rings is 1. The van der Waals surface area contributed by atoms with Gasteiger partial charge in [0.1, 0.15) is 5.75 Å². The summed E-state index contributed by atoms with van der Waals surface area (Å²) in [5.74, 6) is 0.861. The molecule has 2 heterocycles. The molecular weight excluding hydrogens is 402 g/mol. The summed E-state index contributed by atoms with van der Waals surface area (Å²) in [5.41, 5.74) is 4.32. The zero-order valence-corrected chi connectivity index (χ0v) is 17.9. The van der Waals surface area contributed by atoms with Crippen molar-refractivity contribution in [3.05, 3.63) is 75.3 Å². The molecule has 0 fully saturated rings. The van der Waals surface area contributed by atoms with Crippen molar-refractivity contribution in [1.82, 2.24) is 10.3 Å². The highest BCUT2D eigenvalue weighted by molar-refractivity contribution is 8.04. The first kappa shape index (κ1) is 20.0. The monoisotopic (exact) mass is 423 g/mol. The molecular formula is C23H22ClN3OS. The van der Waals surface area contributed by atoms with Gasteiger partial charge in [0.25, 0.3) is 0 Å². The largest absolute Gasteiger partial charge is 0.493 e. The SMILES string of the molecule is CCOc1ccnc2ccc(/C=C3/C=NC(NCc4c(C)cccc4Cl)S3)cc12. The number of hydrogen-bond acceptors (Lipinski definition) is 5. The standard InChI is InChI=1S/C23H22ClN3OS/c1-3-28-22-9-10-25-21-8-7-16(12-18(21)22)11-17-13-26-23(29-17)27-14-19-15(2)5-4-6-20(19)24/h4-13,23,27H,3,14H2,1-2H3/b17-11-. The highest BCUT2D eigenvalue weighted by Crippen LogP contribution is 2.31. The van der Waals surface area contributed by atoms with E-state index in [-0.39, 0.29) is 5.50 Å². The van der Waals surface area contributed by atoms with Crippen LogP contribution in [0.25, 0.3) is 17.0 Å². The molecule has 0 amide bonds. The van der Waals surface area contributed by atoms with Gasteiger partial charge in [-0.05, 0) is 60.9 Å². The summed E-state index contributed by atoms with van der Waals surface area (Å²) < 4.78 is 5.74. The number of fused-ring (bicyclic) bond motifs is 1. The van der Waals surface area contributed by atoms with Crippen LogP contribution in [-0.2, 0) is 6.54 Å². The Labute approximate surface area is 180 Å². The Morgan fingerprint density at radius 2 is 2.14 bits per heavy atom. The highest BCUT2D eigenvalue weighted by atomic mass is 35.5. The lowest BCUT2D eigenvalue weighted by atomic mass is 10.1. The lowest BCUT2D eigenvalue weighted by Crippen LogP contribution is -2.22. The van der Waals surface area contributed by atoms with Crippen molar-refractivity contribution in [3.8, 4) is 5.75 Å². The minimum absolute atomic E-state index is 0.0157. The molecule has 1 unspecified atom stereocenters. The van der Waals surface area contributed by atoms with E-state index in [1.807, 2.05) is 37.4 Å². The van der Waals surface area contributed by atoms with Crippen molar-refractivity contribution in [3.63, 3.8) is 0 Å². The number of ether oxygens (including phenoxy) is 1. The van der Waals surface area contributed by atoms with Gasteiger partial charge < -0.3 is 4.74 Å². The van der Waals surface area contributed by atoms with E-state index in [2.05, 4.69) is 46.5 Å². The fourth-order valence-corrected chi connectivity index (χ4v) is 4.41. The maximum absolute atomic E-state index is 6.32. The van der Waals surface area contributed by atoms with Crippen LogP contribution < -0.4 is 10.1 Å². The maximum atomic E-state index is 6.32. The third-order valence-electron chi connectivity index (χ3n) is 4.73. The third kappa shape index (κ3) is 4.64. The number of rotatable bonds is 6. The summed E-state index contributed by atoms with van der Waals surface area (Å²) >= 11 is 8.02. The van der Waals surface area contributed by atoms with Crippen molar-refractivity contribution < 1.29 is 4.74 Å². The molecule has 0 bridgehead atoms. The average Bonchev–Trinajstić information content (AvgIpc) is 3.15. The molecule has 6 heteroatoms. The van der Waals surface area contributed by atoms with Crippen LogP contribution in [-0.4, -0.2) is 23.3 Å². The fraction of sp³-hybridized carbons (Fsp3) is 0.217. The van der Waals surface area contributed by atoms with Crippen LogP contribution in [0, 0.1) is 6.92 Å². The number of nitrogens with one attached hydrogen (secondary N) is 1. The van der Waals surface area contributed by atoms with E-state index < -0.39 is 0 Å². The van der Waals surface area contributed by atoms with E-state index in [4.69, 9.17) is 16.3 Å². The maximum Gasteiger partial charge on any atom is 0.151 e. The van der Waals surface area contributed by atoms with Crippen LogP contribution >= 0.6 is 23.4 Å². The molecule has 1 aliphatic rings. The van der Waals surface area contributed by atoms with Gasteiger partial charge in [0.15, 0.2) is 5.50 Å². The molecule has 0 radical (unpaired) electrons. The molecule has 1 atom stereocenters.